The third-order valence-corrected chi connectivity index (χ3v) is 3.39. The van der Waals surface area contributed by atoms with Gasteiger partial charge in [-0.1, -0.05) is 51.1 Å². The summed E-state index contributed by atoms with van der Waals surface area (Å²) >= 11 is 0. The van der Waals surface area contributed by atoms with Gasteiger partial charge in [0.25, 0.3) is 5.91 Å². The van der Waals surface area contributed by atoms with Crippen LogP contribution in [0.5, 0.6) is 5.88 Å². The molecular weight excluding hydrogens is 288 g/mol. The Morgan fingerprint density at radius 3 is 2.48 bits per heavy atom. The van der Waals surface area contributed by atoms with Crippen molar-refractivity contribution in [3.8, 4) is 5.88 Å². The Morgan fingerprint density at radius 2 is 1.87 bits per heavy atom. The van der Waals surface area contributed by atoms with Gasteiger partial charge in [0.1, 0.15) is 6.61 Å². The first-order valence-corrected chi connectivity index (χ1v) is 7.85. The molecule has 0 aliphatic carbocycles. The Labute approximate surface area is 137 Å². The number of hydrogen-bond donors (Lipinski definition) is 1. The Kier molecular flexibility index (Phi) is 5.74. The number of pyridine rings is 1. The minimum atomic E-state index is -0.101. The Morgan fingerprint density at radius 1 is 1.13 bits per heavy atom. The Balaban J connectivity index is 1.83. The topological polar surface area (TPSA) is 51.2 Å². The summed E-state index contributed by atoms with van der Waals surface area (Å²) < 4.78 is 5.61. The second-order valence-electron chi connectivity index (χ2n) is 6.73. The molecule has 0 bridgehead atoms. The molecule has 1 N–H and O–H groups in total. The second kappa shape index (κ2) is 7.77. The number of nitrogens with one attached hydrogen (secondary N) is 1. The summed E-state index contributed by atoms with van der Waals surface area (Å²) in [4.78, 5) is 16.2. The van der Waals surface area contributed by atoms with Gasteiger partial charge in [-0.15, -0.1) is 0 Å². The summed E-state index contributed by atoms with van der Waals surface area (Å²) in [7, 11) is 0. The molecule has 0 atom stereocenters. The van der Waals surface area contributed by atoms with Crippen LogP contribution < -0.4 is 10.1 Å². The van der Waals surface area contributed by atoms with Crippen LogP contribution in [0, 0.1) is 5.41 Å². The van der Waals surface area contributed by atoms with E-state index < -0.39 is 0 Å². The molecule has 0 spiro atoms. The van der Waals surface area contributed by atoms with Gasteiger partial charge in [0.2, 0.25) is 5.88 Å². The molecule has 0 fully saturated rings. The van der Waals surface area contributed by atoms with Crippen LogP contribution in [0.4, 0.5) is 0 Å². The minimum absolute atomic E-state index is 0.101. The number of carbonyl (C=O) groups excluding carboxylic acids is 1. The maximum Gasteiger partial charge on any atom is 0.252 e. The zero-order valence-electron chi connectivity index (χ0n) is 14.0. The average molecular weight is 312 g/mol. The number of ether oxygens (including phenoxy) is 1. The first-order chi connectivity index (χ1) is 10.9. The van der Waals surface area contributed by atoms with Crippen molar-refractivity contribution in [3.05, 3.63) is 59.8 Å². The third kappa shape index (κ3) is 6.10. The van der Waals surface area contributed by atoms with Crippen molar-refractivity contribution in [1.29, 1.82) is 0 Å². The van der Waals surface area contributed by atoms with E-state index >= 15 is 0 Å². The molecule has 2 aromatic rings. The van der Waals surface area contributed by atoms with Gasteiger partial charge in [0.15, 0.2) is 0 Å². The van der Waals surface area contributed by atoms with Crippen LogP contribution >= 0.6 is 0 Å². The summed E-state index contributed by atoms with van der Waals surface area (Å²) in [6.07, 6.45) is 2.48. The van der Waals surface area contributed by atoms with E-state index in [0.717, 1.165) is 12.0 Å². The smallest absolute Gasteiger partial charge is 0.252 e. The maximum absolute atomic E-state index is 12.0. The lowest BCUT2D eigenvalue weighted by molar-refractivity contribution is 0.0949. The standard InChI is InChI=1S/C19H24N2O2/c1-19(2,3)11-12-20-18(22)16-9-10-17(21-13-16)23-14-15-7-5-4-6-8-15/h4-10,13H,11-12,14H2,1-3H3,(H,20,22). The molecule has 1 amide bonds. The highest BCUT2D eigenvalue weighted by Gasteiger charge is 2.11. The van der Waals surface area contributed by atoms with E-state index in [1.807, 2.05) is 30.3 Å². The molecular formula is C19H24N2O2. The van der Waals surface area contributed by atoms with E-state index in [1.165, 1.54) is 0 Å². The quantitative estimate of drug-likeness (QED) is 0.882. The van der Waals surface area contributed by atoms with Gasteiger partial charge in [-0.05, 0) is 23.5 Å². The number of hydrogen-bond acceptors (Lipinski definition) is 3. The highest BCUT2D eigenvalue weighted by molar-refractivity contribution is 5.93. The average Bonchev–Trinajstić information content (AvgIpc) is 2.53. The number of amides is 1. The van der Waals surface area contributed by atoms with Gasteiger partial charge >= 0.3 is 0 Å². The lowest BCUT2D eigenvalue weighted by atomic mass is 9.92. The number of benzene rings is 1. The predicted molar refractivity (Wildman–Crippen MR) is 91.4 cm³/mol. The molecule has 122 valence electrons. The number of nitrogens with zero attached hydrogens (tertiary/aromatic N) is 1. The van der Waals surface area contributed by atoms with Crippen molar-refractivity contribution < 1.29 is 9.53 Å². The summed E-state index contributed by atoms with van der Waals surface area (Å²) in [5.74, 6) is 0.413. The van der Waals surface area contributed by atoms with Gasteiger partial charge in [-0.25, -0.2) is 4.98 Å². The first-order valence-electron chi connectivity index (χ1n) is 7.85. The van der Waals surface area contributed by atoms with Crippen LogP contribution in [0.25, 0.3) is 0 Å². The largest absolute Gasteiger partial charge is 0.473 e. The Bertz CT molecular complexity index is 616. The molecule has 1 aromatic heterocycles. The van der Waals surface area contributed by atoms with Crippen molar-refractivity contribution >= 4 is 5.91 Å². The van der Waals surface area contributed by atoms with Crippen LogP contribution in [-0.2, 0) is 6.61 Å². The van der Waals surface area contributed by atoms with Crippen molar-refractivity contribution in [2.75, 3.05) is 6.54 Å². The minimum Gasteiger partial charge on any atom is -0.473 e. The fraction of sp³-hybridized carbons (Fsp3) is 0.368. The van der Waals surface area contributed by atoms with E-state index in [4.69, 9.17) is 4.74 Å². The number of carbonyl (C=O) groups is 1. The molecule has 0 saturated heterocycles. The highest BCUT2D eigenvalue weighted by Crippen LogP contribution is 2.17. The molecule has 0 aliphatic heterocycles. The van der Waals surface area contributed by atoms with E-state index in [1.54, 1.807) is 18.3 Å². The zero-order valence-corrected chi connectivity index (χ0v) is 14.0. The summed E-state index contributed by atoms with van der Waals surface area (Å²) in [5, 5.41) is 2.91. The van der Waals surface area contributed by atoms with Crippen molar-refractivity contribution in [2.24, 2.45) is 5.41 Å². The van der Waals surface area contributed by atoms with Crippen LogP contribution in [-0.4, -0.2) is 17.4 Å². The van der Waals surface area contributed by atoms with E-state index in [2.05, 4.69) is 31.1 Å². The molecule has 0 saturated carbocycles. The van der Waals surface area contributed by atoms with Gasteiger partial charge in [0, 0.05) is 18.8 Å². The lowest BCUT2D eigenvalue weighted by Crippen LogP contribution is -2.27. The molecule has 0 unspecified atom stereocenters. The second-order valence-corrected chi connectivity index (χ2v) is 6.73. The van der Waals surface area contributed by atoms with E-state index in [-0.39, 0.29) is 11.3 Å². The lowest BCUT2D eigenvalue weighted by Gasteiger charge is -2.17. The van der Waals surface area contributed by atoms with E-state index in [9.17, 15) is 4.79 Å². The molecule has 4 nitrogen and oxygen atoms in total. The highest BCUT2D eigenvalue weighted by atomic mass is 16.5. The first kappa shape index (κ1) is 17.0. The van der Waals surface area contributed by atoms with Crippen molar-refractivity contribution in [2.45, 2.75) is 33.8 Å². The monoisotopic (exact) mass is 312 g/mol. The SMILES string of the molecule is CC(C)(C)CCNC(=O)c1ccc(OCc2ccccc2)nc1. The predicted octanol–water partition coefficient (Wildman–Crippen LogP) is 3.83. The summed E-state index contributed by atoms with van der Waals surface area (Å²) in [6.45, 7) is 7.58. The van der Waals surface area contributed by atoms with Crippen LogP contribution in [0.2, 0.25) is 0 Å². The Hall–Kier alpha value is -2.36. The molecule has 0 aliphatic rings. The zero-order chi connectivity index (χ0) is 16.7. The normalized spacial score (nSPS) is 11.1. The van der Waals surface area contributed by atoms with Crippen molar-refractivity contribution in [3.63, 3.8) is 0 Å². The fourth-order valence-corrected chi connectivity index (χ4v) is 1.98. The summed E-state index contributed by atoms with van der Waals surface area (Å²) in [5.41, 5.74) is 1.84. The van der Waals surface area contributed by atoms with Gasteiger partial charge in [-0.3, -0.25) is 4.79 Å². The fourth-order valence-electron chi connectivity index (χ4n) is 1.98. The molecule has 2 rings (SSSR count). The number of rotatable bonds is 6. The molecule has 4 heteroatoms. The van der Waals surface area contributed by atoms with Gasteiger partial charge < -0.3 is 10.1 Å². The van der Waals surface area contributed by atoms with Crippen LogP contribution in [0.1, 0.15) is 43.1 Å². The molecule has 0 radical (unpaired) electrons. The van der Waals surface area contributed by atoms with Gasteiger partial charge in [-0.2, -0.15) is 0 Å². The third-order valence-electron chi connectivity index (χ3n) is 3.39. The van der Waals surface area contributed by atoms with Crippen molar-refractivity contribution in [1.82, 2.24) is 10.3 Å². The molecule has 23 heavy (non-hydrogen) atoms. The maximum atomic E-state index is 12.0. The molecule has 1 aromatic carbocycles. The van der Waals surface area contributed by atoms with E-state index in [0.29, 0.717) is 24.6 Å². The molecule has 1 heterocycles. The number of aromatic nitrogens is 1. The van der Waals surface area contributed by atoms with Gasteiger partial charge in [0.05, 0.1) is 5.56 Å². The summed E-state index contributed by atoms with van der Waals surface area (Å²) in [6, 6.07) is 13.4. The van der Waals surface area contributed by atoms with Crippen LogP contribution in [0.15, 0.2) is 48.7 Å². The van der Waals surface area contributed by atoms with Crippen LogP contribution in [0.3, 0.4) is 0 Å².